The molecule has 0 saturated carbocycles. The Kier molecular flexibility index (Phi) is 4.06. The Morgan fingerprint density at radius 3 is 2.96 bits per heavy atom. The third kappa shape index (κ3) is 3.52. The van der Waals surface area contributed by atoms with Crippen LogP contribution in [0.2, 0.25) is 0 Å². The highest BCUT2D eigenvalue weighted by Gasteiger charge is 2.20. The summed E-state index contributed by atoms with van der Waals surface area (Å²) in [6, 6.07) is 1.44. The topological polar surface area (TPSA) is 97.9 Å². The van der Waals surface area contributed by atoms with E-state index in [1.165, 1.54) is 0 Å². The van der Waals surface area contributed by atoms with Gasteiger partial charge in [-0.05, 0) is 6.42 Å². The summed E-state index contributed by atoms with van der Waals surface area (Å²) < 4.78 is 7.36. The van der Waals surface area contributed by atoms with Crippen molar-refractivity contribution in [2.45, 2.75) is 52.0 Å². The van der Waals surface area contributed by atoms with Crippen LogP contribution in [0.4, 0.5) is 10.6 Å². The summed E-state index contributed by atoms with van der Waals surface area (Å²) in [5.41, 5.74) is -0.141. The number of hydrogen-bond donors (Lipinski definition) is 2. The van der Waals surface area contributed by atoms with Crippen molar-refractivity contribution in [3.8, 4) is 0 Å². The summed E-state index contributed by atoms with van der Waals surface area (Å²) in [5, 5.41) is 17.6. The predicted molar refractivity (Wildman–Crippen MR) is 84.3 cm³/mol. The van der Waals surface area contributed by atoms with Crippen molar-refractivity contribution < 1.29 is 9.32 Å². The Bertz CT molecular complexity index is 697. The van der Waals surface area contributed by atoms with Crippen LogP contribution in [0.15, 0.2) is 10.6 Å². The Labute approximate surface area is 134 Å². The molecule has 8 nitrogen and oxygen atoms in total. The van der Waals surface area contributed by atoms with Gasteiger partial charge in [0, 0.05) is 37.4 Å². The molecule has 0 spiro atoms. The lowest BCUT2D eigenvalue weighted by Crippen LogP contribution is -2.31. The quantitative estimate of drug-likeness (QED) is 0.897. The highest BCUT2D eigenvalue weighted by molar-refractivity contribution is 5.88. The van der Waals surface area contributed by atoms with Crippen LogP contribution in [-0.2, 0) is 24.8 Å². The zero-order chi connectivity index (χ0) is 16.4. The summed E-state index contributed by atoms with van der Waals surface area (Å²) >= 11 is 0. The van der Waals surface area contributed by atoms with Crippen molar-refractivity contribution >= 4 is 11.8 Å². The number of hydrogen-bond acceptors (Lipinski definition) is 5. The standard InChI is InChI=1S/C15H22N6O2/c1-15(2,3)10-9-11(20-23-10)17-14(22)16-7-6-13-19-18-12-5-4-8-21(12)13/h9H,4-8H2,1-3H3,(H2,16,17,20,22). The molecule has 124 valence electrons. The van der Waals surface area contributed by atoms with E-state index in [1.54, 1.807) is 6.07 Å². The molecule has 0 fully saturated rings. The molecule has 0 unspecified atom stereocenters. The number of amides is 2. The molecule has 23 heavy (non-hydrogen) atoms. The minimum atomic E-state index is -0.306. The second kappa shape index (κ2) is 6.02. The van der Waals surface area contributed by atoms with E-state index in [0.29, 0.717) is 18.8 Å². The summed E-state index contributed by atoms with van der Waals surface area (Å²) in [7, 11) is 0. The first kappa shape index (κ1) is 15.5. The maximum atomic E-state index is 11.9. The number of carbonyl (C=O) groups is 1. The van der Waals surface area contributed by atoms with Crippen LogP contribution < -0.4 is 10.6 Å². The number of urea groups is 1. The number of aromatic nitrogens is 4. The van der Waals surface area contributed by atoms with Crippen LogP contribution in [0.3, 0.4) is 0 Å². The van der Waals surface area contributed by atoms with Gasteiger partial charge in [-0.3, -0.25) is 5.32 Å². The van der Waals surface area contributed by atoms with Crippen molar-refractivity contribution in [3.63, 3.8) is 0 Å². The lowest BCUT2D eigenvalue weighted by Gasteiger charge is -2.12. The third-order valence-corrected chi connectivity index (χ3v) is 3.81. The van der Waals surface area contributed by atoms with Gasteiger partial charge in [0.05, 0.1) is 0 Å². The third-order valence-electron chi connectivity index (χ3n) is 3.81. The van der Waals surface area contributed by atoms with Crippen LogP contribution in [-0.4, -0.2) is 32.5 Å². The average molecular weight is 318 g/mol. The van der Waals surface area contributed by atoms with Gasteiger partial charge in [-0.15, -0.1) is 10.2 Å². The van der Waals surface area contributed by atoms with Gasteiger partial charge in [0.25, 0.3) is 0 Å². The molecule has 2 amide bonds. The molecule has 0 saturated heterocycles. The Morgan fingerprint density at radius 1 is 1.39 bits per heavy atom. The fourth-order valence-electron chi connectivity index (χ4n) is 2.53. The van der Waals surface area contributed by atoms with E-state index in [0.717, 1.165) is 36.8 Å². The van der Waals surface area contributed by atoms with E-state index in [1.807, 2.05) is 20.8 Å². The van der Waals surface area contributed by atoms with Crippen LogP contribution >= 0.6 is 0 Å². The van der Waals surface area contributed by atoms with E-state index in [2.05, 4.69) is 30.6 Å². The molecule has 0 aliphatic carbocycles. The summed E-state index contributed by atoms with van der Waals surface area (Å²) in [6.07, 6.45) is 2.77. The number of anilines is 1. The molecule has 2 aromatic rings. The number of rotatable bonds is 4. The Hall–Kier alpha value is -2.38. The van der Waals surface area contributed by atoms with Crippen molar-refractivity contribution in [3.05, 3.63) is 23.5 Å². The molecular weight excluding hydrogens is 296 g/mol. The molecule has 3 rings (SSSR count). The van der Waals surface area contributed by atoms with Crippen LogP contribution in [0.1, 0.15) is 44.6 Å². The van der Waals surface area contributed by atoms with Crippen molar-refractivity contribution in [2.24, 2.45) is 0 Å². The van der Waals surface area contributed by atoms with Gasteiger partial charge in [0.1, 0.15) is 17.4 Å². The summed E-state index contributed by atoms with van der Waals surface area (Å²) in [5.74, 6) is 3.11. The molecular formula is C15H22N6O2. The Morgan fingerprint density at radius 2 is 2.22 bits per heavy atom. The fourth-order valence-corrected chi connectivity index (χ4v) is 2.53. The van der Waals surface area contributed by atoms with E-state index < -0.39 is 0 Å². The normalized spacial score (nSPS) is 13.9. The molecule has 3 heterocycles. The van der Waals surface area contributed by atoms with Gasteiger partial charge in [0.2, 0.25) is 0 Å². The van der Waals surface area contributed by atoms with Gasteiger partial charge in [-0.1, -0.05) is 25.9 Å². The highest BCUT2D eigenvalue weighted by Crippen LogP contribution is 2.24. The summed E-state index contributed by atoms with van der Waals surface area (Å²) in [4.78, 5) is 11.9. The van der Waals surface area contributed by atoms with Crippen molar-refractivity contribution in [2.75, 3.05) is 11.9 Å². The predicted octanol–water partition coefficient (Wildman–Crippen LogP) is 1.87. The zero-order valence-electron chi connectivity index (χ0n) is 13.7. The molecule has 2 N–H and O–H groups in total. The van der Waals surface area contributed by atoms with E-state index in [-0.39, 0.29) is 11.4 Å². The summed E-state index contributed by atoms with van der Waals surface area (Å²) in [6.45, 7) is 7.53. The number of nitrogens with zero attached hydrogens (tertiary/aromatic N) is 4. The van der Waals surface area contributed by atoms with Gasteiger partial charge in [-0.2, -0.15) is 0 Å². The molecule has 1 aliphatic rings. The average Bonchev–Trinajstić information content (AvgIpc) is 3.15. The van der Waals surface area contributed by atoms with Gasteiger partial charge in [0.15, 0.2) is 5.82 Å². The molecule has 8 heteroatoms. The Balaban J connectivity index is 1.47. The first-order valence-corrected chi connectivity index (χ1v) is 7.86. The molecule has 1 aliphatic heterocycles. The number of fused-ring (bicyclic) bond motifs is 1. The first-order valence-electron chi connectivity index (χ1n) is 7.86. The van der Waals surface area contributed by atoms with E-state index in [9.17, 15) is 4.79 Å². The largest absolute Gasteiger partial charge is 0.359 e. The zero-order valence-corrected chi connectivity index (χ0v) is 13.7. The monoisotopic (exact) mass is 318 g/mol. The second-order valence-electron chi connectivity index (χ2n) is 6.74. The lowest BCUT2D eigenvalue weighted by atomic mass is 9.93. The number of nitrogens with one attached hydrogen (secondary N) is 2. The molecule has 0 aromatic carbocycles. The number of aryl methyl sites for hydroxylation is 1. The molecule has 0 radical (unpaired) electrons. The van der Waals surface area contributed by atoms with Crippen LogP contribution in [0.5, 0.6) is 0 Å². The molecule has 0 atom stereocenters. The van der Waals surface area contributed by atoms with Crippen LogP contribution in [0, 0.1) is 0 Å². The SMILES string of the molecule is CC(C)(C)c1cc(NC(=O)NCCc2nnc3n2CCC3)no1. The van der Waals surface area contributed by atoms with E-state index in [4.69, 9.17) is 4.52 Å². The van der Waals surface area contributed by atoms with Gasteiger partial charge >= 0.3 is 6.03 Å². The maximum absolute atomic E-state index is 11.9. The maximum Gasteiger partial charge on any atom is 0.320 e. The van der Waals surface area contributed by atoms with Crippen molar-refractivity contribution in [1.29, 1.82) is 0 Å². The minimum absolute atomic E-state index is 0.141. The fraction of sp³-hybridized carbons (Fsp3) is 0.600. The highest BCUT2D eigenvalue weighted by atomic mass is 16.5. The van der Waals surface area contributed by atoms with Gasteiger partial charge in [-0.25, -0.2) is 4.79 Å². The smallest absolute Gasteiger partial charge is 0.320 e. The molecule has 2 aromatic heterocycles. The first-order chi connectivity index (χ1) is 10.9. The van der Waals surface area contributed by atoms with E-state index >= 15 is 0 Å². The lowest BCUT2D eigenvalue weighted by molar-refractivity contribution is 0.252. The minimum Gasteiger partial charge on any atom is -0.359 e. The second-order valence-corrected chi connectivity index (χ2v) is 6.74. The number of carbonyl (C=O) groups excluding carboxylic acids is 1. The van der Waals surface area contributed by atoms with Crippen LogP contribution in [0.25, 0.3) is 0 Å². The molecule has 0 bridgehead atoms. The van der Waals surface area contributed by atoms with Crippen molar-refractivity contribution in [1.82, 2.24) is 25.2 Å². The van der Waals surface area contributed by atoms with Gasteiger partial charge < -0.3 is 14.4 Å².